The van der Waals surface area contributed by atoms with Crippen LogP contribution in [-0.4, -0.2) is 17.7 Å². The Hall–Kier alpha value is -1.17. The van der Waals surface area contributed by atoms with Gasteiger partial charge < -0.3 is 9.84 Å². The van der Waals surface area contributed by atoms with Crippen LogP contribution in [0.3, 0.4) is 0 Å². The van der Waals surface area contributed by atoms with Crippen molar-refractivity contribution in [1.82, 2.24) is 0 Å². The molecular weight excluding hydrogens is 286 g/mol. The van der Waals surface area contributed by atoms with E-state index >= 15 is 0 Å². The highest BCUT2D eigenvalue weighted by atomic mass is 79.9. The number of ether oxygens (including phenoxy) is 1. The zero-order chi connectivity index (χ0) is 12.7. The van der Waals surface area contributed by atoms with Gasteiger partial charge in [-0.3, -0.25) is 0 Å². The van der Waals surface area contributed by atoms with Crippen LogP contribution in [0.15, 0.2) is 22.7 Å². The Morgan fingerprint density at radius 3 is 2.44 bits per heavy atom. The minimum absolute atomic E-state index is 0.108. The number of halogens is 3. The molecule has 0 aromatic heterocycles. The Kier molecular flexibility index (Phi) is 6.64. The van der Waals surface area contributed by atoms with E-state index in [1.54, 1.807) is 0 Å². The summed E-state index contributed by atoms with van der Waals surface area (Å²) in [6, 6.07) is 3.64. The maximum Gasteiger partial charge on any atom is 0.387 e. The van der Waals surface area contributed by atoms with Crippen molar-refractivity contribution in [2.45, 2.75) is 20.5 Å². The molecule has 0 amide bonds. The minimum Gasteiger partial charge on any atom is -0.478 e. The largest absolute Gasteiger partial charge is 0.478 e. The summed E-state index contributed by atoms with van der Waals surface area (Å²) in [7, 11) is 0. The van der Waals surface area contributed by atoms with Crippen LogP contribution < -0.4 is 4.74 Å². The van der Waals surface area contributed by atoms with Crippen molar-refractivity contribution in [2.75, 3.05) is 0 Å². The number of rotatable bonds is 3. The first-order valence-electron chi connectivity index (χ1n) is 4.48. The molecule has 0 aliphatic heterocycles. The molecule has 90 valence electrons. The fourth-order valence-electron chi connectivity index (χ4n) is 0.823. The highest BCUT2D eigenvalue weighted by molar-refractivity contribution is 9.10. The lowest BCUT2D eigenvalue weighted by molar-refractivity contribution is -0.0504. The molecule has 1 rings (SSSR count). The number of carboxylic acid groups (broad SMARTS) is 1. The molecule has 0 aliphatic rings. The monoisotopic (exact) mass is 296 g/mol. The normalized spacial score (nSPS) is 9.38. The summed E-state index contributed by atoms with van der Waals surface area (Å²) >= 11 is 2.96. The molecule has 1 aromatic carbocycles. The third-order valence-corrected chi connectivity index (χ3v) is 2.05. The lowest BCUT2D eigenvalue weighted by Gasteiger charge is -2.06. The number of alkyl halides is 2. The second-order valence-electron chi connectivity index (χ2n) is 2.33. The Balaban J connectivity index is 0.00000106. The SMILES string of the molecule is CC.O=C(O)c1ccc(Br)c(OC(F)F)c1. The molecule has 0 saturated carbocycles. The van der Waals surface area contributed by atoms with Crippen molar-refractivity contribution >= 4 is 21.9 Å². The molecule has 0 bridgehead atoms. The summed E-state index contributed by atoms with van der Waals surface area (Å²) in [5, 5.41) is 8.58. The minimum atomic E-state index is -2.98. The van der Waals surface area contributed by atoms with Crippen LogP contribution in [0.25, 0.3) is 0 Å². The van der Waals surface area contributed by atoms with Gasteiger partial charge in [0.25, 0.3) is 0 Å². The van der Waals surface area contributed by atoms with E-state index in [0.29, 0.717) is 0 Å². The number of carboxylic acids is 1. The van der Waals surface area contributed by atoms with Crippen LogP contribution in [0.5, 0.6) is 5.75 Å². The Labute approximate surface area is 100 Å². The van der Waals surface area contributed by atoms with Gasteiger partial charge in [0.05, 0.1) is 10.0 Å². The second kappa shape index (κ2) is 7.16. The van der Waals surface area contributed by atoms with E-state index in [9.17, 15) is 13.6 Å². The van der Waals surface area contributed by atoms with E-state index in [1.165, 1.54) is 12.1 Å². The summed E-state index contributed by atoms with van der Waals surface area (Å²) in [5.74, 6) is -1.39. The topological polar surface area (TPSA) is 46.5 Å². The van der Waals surface area contributed by atoms with E-state index in [2.05, 4.69) is 20.7 Å². The van der Waals surface area contributed by atoms with Crippen molar-refractivity contribution in [3.63, 3.8) is 0 Å². The van der Waals surface area contributed by atoms with Gasteiger partial charge in [0, 0.05) is 0 Å². The molecule has 0 fully saturated rings. The maximum atomic E-state index is 11.8. The molecule has 0 heterocycles. The van der Waals surface area contributed by atoms with Crippen LogP contribution in [0.4, 0.5) is 8.78 Å². The lowest BCUT2D eigenvalue weighted by Crippen LogP contribution is -2.04. The van der Waals surface area contributed by atoms with Gasteiger partial charge in [0.15, 0.2) is 0 Å². The quantitative estimate of drug-likeness (QED) is 0.923. The Morgan fingerprint density at radius 2 is 2.00 bits per heavy atom. The number of carbonyl (C=O) groups is 1. The second-order valence-corrected chi connectivity index (χ2v) is 3.18. The first-order valence-corrected chi connectivity index (χ1v) is 5.27. The molecule has 1 N–H and O–H groups in total. The summed E-state index contributed by atoms with van der Waals surface area (Å²) < 4.78 is 28.1. The molecule has 0 aliphatic carbocycles. The van der Waals surface area contributed by atoms with Gasteiger partial charge in [-0.05, 0) is 34.1 Å². The molecule has 0 atom stereocenters. The standard InChI is InChI=1S/C8H5BrF2O3.C2H6/c9-5-2-1-4(7(12)13)3-6(5)14-8(10)11;1-2/h1-3,8H,(H,12,13);1-2H3. The van der Waals surface area contributed by atoms with Crippen molar-refractivity contribution in [1.29, 1.82) is 0 Å². The average molecular weight is 297 g/mol. The van der Waals surface area contributed by atoms with Gasteiger partial charge in [-0.2, -0.15) is 8.78 Å². The maximum absolute atomic E-state index is 11.8. The third-order valence-electron chi connectivity index (χ3n) is 1.39. The van der Waals surface area contributed by atoms with Crippen molar-refractivity contribution in [3.8, 4) is 5.75 Å². The summed E-state index contributed by atoms with van der Waals surface area (Å²) in [6.07, 6.45) is 0. The smallest absolute Gasteiger partial charge is 0.387 e. The van der Waals surface area contributed by atoms with Crippen LogP contribution in [0, 0.1) is 0 Å². The zero-order valence-corrected chi connectivity index (χ0v) is 10.3. The molecule has 1 aromatic rings. The molecule has 0 spiro atoms. The van der Waals surface area contributed by atoms with E-state index in [4.69, 9.17) is 5.11 Å². The van der Waals surface area contributed by atoms with Crippen LogP contribution in [-0.2, 0) is 0 Å². The summed E-state index contributed by atoms with van der Waals surface area (Å²) in [6.45, 7) is 1.02. The molecule has 0 unspecified atom stereocenters. The van der Waals surface area contributed by atoms with Gasteiger partial charge in [-0.25, -0.2) is 4.79 Å². The Bertz CT molecular complexity index is 356. The van der Waals surface area contributed by atoms with Crippen molar-refractivity contribution in [2.24, 2.45) is 0 Å². The first-order chi connectivity index (χ1) is 7.50. The molecule has 16 heavy (non-hydrogen) atoms. The van der Waals surface area contributed by atoms with Crippen molar-refractivity contribution in [3.05, 3.63) is 28.2 Å². The zero-order valence-electron chi connectivity index (χ0n) is 8.71. The Morgan fingerprint density at radius 1 is 1.44 bits per heavy atom. The fourth-order valence-corrected chi connectivity index (χ4v) is 1.16. The third kappa shape index (κ3) is 4.57. The number of benzene rings is 1. The van der Waals surface area contributed by atoms with E-state index in [1.807, 2.05) is 13.8 Å². The van der Waals surface area contributed by atoms with E-state index in [0.717, 1.165) is 6.07 Å². The number of hydrogen-bond donors (Lipinski definition) is 1. The van der Waals surface area contributed by atoms with Gasteiger partial charge >= 0.3 is 12.6 Å². The highest BCUT2D eigenvalue weighted by Gasteiger charge is 2.11. The van der Waals surface area contributed by atoms with Crippen LogP contribution in [0.2, 0.25) is 0 Å². The lowest BCUT2D eigenvalue weighted by atomic mass is 10.2. The summed E-state index contributed by atoms with van der Waals surface area (Å²) in [5.41, 5.74) is -0.108. The number of hydrogen-bond acceptors (Lipinski definition) is 2. The molecular formula is C10H11BrF2O3. The van der Waals surface area contributed by atoms with E-state index < -0.39 is 12.6 Å². The first kappa shape index (κ1) is 14.8. The van der Waals surface area contributed by atoms with Crippen molar-refractivity contribution < 1.29 is 23.4 Å². The van der Waals surface area contributed by atoms with Crippen LogP contribution in [0.1, 0.15) is 24.2 Å². The molecule has 6 heteroatoms. The van der Waals surface area contributed by atoms with Crippen LogP contribution >= 0.6 is 15.9 Å². The highest BCUT2D eigenvalue weighted by Crippen LogP contribution is 2.27. The number of aromatic carboxylic acids is 1. The summed E-state index contributed by atoms with van der Waals surface area (Å²) in [4.78, 5) is 10.5. The fraction of sp³-hybridized carbons (Fsp3) is 0.300. The van der Waals surface area contributed by atoms with Gasteiger partial charge in [-0.1, -0.05) is 13.8 Å². The van der Waals surface area contributed by atoms with Gasteiger partial charge in [-0.15, -0.1) is 0 Å². The average Bonchev–Trinajstić information content (AvgIpc) is 2.23. The molecule has 3 nitrogen and oxygen atoms in total. The molecule has 0 radical (unpaired) electrons. The predicted octanol–water partition coefficient (Wildman–Crippen LogP) is 3.77. The predicted molar refractivity (Wildman–Crippen MR) is 59.1 cm³/mol. The van der Waals surface area contributed by atoms with E-state index in [-0.39, 0.29) is 15.8 Å². The van der Waals surface area contributed by atoms with Gasteiger partial charge in [0.2, 0.25) is 0 Å². The van der Waals surface area contributed by atoms with Gasteiger partial charge in [0.1, 0.15) is 5.75 Å². The molecule has 0 saturated heterocycles.